The Morgan fingerprint density at radius 2 is 2.25 bits per heavy atom. The lowest BCUT2D eigenvalue weighted by Gasteiger charge is -2.28. The standard InChI is InChI=1S/C16H21FN2O/c1-3-9-19-16(10-18,13-7-8-13)11-20-14-6-4-5-12(2)15(14)17/h4-6,13,19H,3,7-9,11H2,1-2H3. The molecule has 0 aliphatic heterocycles. The van der Waals surface area contributed by atoms with Crippen LogP contribution in [0, 0.1) is 30.0 Å². The van der Waals surface area contributed by atoms with Crippen molar-refractivity contribution in [3.63, 3.8) is 0 Å². The third kappa shape index (κ3) is 3.10. The average Bonchev–Trinajstić information content (AvgIpc) is 3.29. The van der Waals surface area contributed by atoms with Gasteiger partial charge in [-0.25, -0.2) is 4.39 Å². The largest absolute Gasteiger partial charge is 0.487 e. The Morgan fingerprint density at radius 3 is 2.85 bits per heavy atom. The molecule has 3 nitrogen and oxygen atoms in total. The third-order valence-electron chi connectivity index (χ3n) is 3.78. The molecule has 1 aliphatic rings. The van der Waals surface area contributed by atoms with Crippen molar-refractivity contribution in [1.29, 1.82) is 5.26 Å². The van der Waals surface area contributed by atoms with Crippen LogP contribution in [0.5, 0.6) is 5.75 Å². The Bertz CT molecular complexity index is 508. The number of benzene rings is 1. The van der Waals surface area contributed by atoms with Crippen molar-refractivity contribution >= 4 is 0 Å². The number of hydrogen-bond donors (Lipinski definition) is 1. The van der Waals surface area contributed by atoms with Crippen molar-refractivity contribution in [3.8, 4) is 11.8 Å². The minimum atomic E-state index is -0.688. The van der Waals surface area contributed by atoms with E-state index in [4.69, 9.17) is 4.74 Å². The van der Waals surface area contributed by atoms with E-state index in [1.54, 1.807) is 25.1 Å². The van der Waals surface area contributed by atoms with Crippen LogP contribution in [0.4, 0.5) is 4.39 Å². The van der Waals surface area contributed by atoms with Crippen LogP contribution >= 0.6 is 0 Å². The van der Waals surface area contributed by atoms with Crippen molar-refractivity contribution < 1.29 is 9.13 Å². The molecule has 2 rings (SSSR count). The summed E-state index contributed by atoms with van der Waals surface area (Å²) in [6, 6.07) is 7.43. The van der Waals surface area contributed by atoms with Crippen LogP contribution in [-0.4, -0.2) is 18.7 Å². The molecule has 1 aromatic rings. The summed E-state index contributed by atoms with van der Waals surface area (Å²) in [4.78, 5) is 0. The topological polar surface area (TPSA) is 45.0 Å². The number of halogens is 1. The van der Waals surface area contributed by atoms with E-state index >= 15 is 0 Å². The van der Waals surface area contributed by atoms with Crippen LogP contribution in [0.2, 0.25) is 0 Å². The van der Waals surface area contributed by atoms with Gasteiger partial charge in [0.15, 0.2) is 11.6 Å². The molecule has 1 aromatic carbocycles. The van der Waals surface area contributed by atoms with Gasteiger partial charge in [-0.1, -0.05) is 19.1 Å². The van der Waals surface area contributed by atoms with Crippen molar-refractivity contribution in [2.24, 2.45) is 5.92 Å². The van der Waals surface area contributed by atoms with Crippen LogP contribution in [0.1, 0.15) is 31.7 Å². The minimum absolute atomic E-state index is 0.189. The van der Waals surface area contributed by atoms with Crippen molar-refractivity contribution in [3.05, 3.63) is 29.6 Å². The first-order valence-corrected chi connectivity index (χ1v) is 7.17. The van der Waals surface area contributed by atoms with E-state index in [2.05, 4.69) is 18.3 Å². The quantitative estimate of drug-likeness (QED) is 0.832. The van der Waals surface area contributed by atoms with Gasteiger partial charge in [0.05, 0.1) is 6.07 Å². The van der Waals surface area contributed by atoms with E-state index in [9.17, 15) is 9.65 Å². The SMILES string of the molecule is CCCNC(C#N)(COc1cccc(C)c1F)C1CC1. The molecule has 1 saturated carbocycles. The monoisotopic (exact) mass is 276 g/mol. The predicted octanol–water partition coefficient (Wildman–Crippen LogP) is 3.18. The molecule has 0 saturated heterocycles. The summed E-state index contributed by atoms with van der Waals surface area (Å²) in [5, 5.41) is 12.8. The van der Waals surface area contributed by atoms with Crippen LogP contribution < -0.4 is 10.1 Å². The summed E-state index contributed by atoms with van der Waals surface area (Å²) >= 11 is 0. The maximum atomic E-state index is 13.9. The minimum Gasteiger partial charge on any atom is -0.487 e. The third-order valence-corrected chi connectivity index (χ3v) is 3.78. The number of ether oxygens (including phenoxy) is 1. The molecule has 1 aliphatic carbocycles. The van der Waals surface area contributed by atoms with Gasteiger partial charge in [0, 0.05) is 0 Å². The van der Waals surface area contributed by atoms with Gasteiger partial charge in [0.1, 0.15) is 12.1 Å². The average molecular weight is 276 g/mol. The zero-order chi connectivity index (χ0) is 14.6. The van der Waals surface area contributed by atoms with E-state index in [1.165, 1.54) is 0 Å². The fourth-order valence-corrected chi connectivity index (χ4v) is 2.32. The second-order valence-electron chi connectivity index (χ2n) is 5.46. The lowest BCUT2D eigenvalue weighted by Crippen LogP contribution is -2.51. The number of nitriles is 1. The normalized spacial score (nSPS) is 17.3. The molecule has 1 fully saturated rings. The number of nitrogens with one attached hydrogen (secondary N) is 1. The number of nitrogens with zero attached hydrogens (tertiary/aromatic N) is 1. The number of aryl methyl sites for hydroxylation is 1. The Morgan fingerprint density at radius 1 is 1.50 bits per heavy atom. The maximum Gasteiger partial charge on any atom is 0.167 e. The summed E-state index contributed by atoms with van der Waals surface area (Å²) in [6.45, 7) is 4.72. The molecular formula is C16H21FN2O. The Hall–Kier alpha value is -1.60. The summed E-state index contributed by atoms with van der Waals surface area (Å²) < 4.78 is 19.5. The maximum absolute atomic E-state index is 13.9. The molecule has 4 heteroatoms. The zero-order valence-electron chi connectivity index (χ0n) is 12.1. The van der Waals surface area contributed by atoms with Gasteiger partial charge in [-0.05, 0) is 50.3 Å². The molecule has 1 atom stereocenters. The van der Waals surface area contributed by atoms with E-state index in [0.29, 0.717) is 11.5 Å². The van der Waals surface area contributed by atoms with Gasteiger partial charge < -0.3 is 4.74 Å². The number of rotatable bonds is 7. The van der Waals surface area contributed by atoms with Gasteiger partial charge in [-0.2, -0.15) is 5.26 Å². The fourth-order valence-electron chi connectivity index (χ4n) is 2.32. The fraction of sp³-hybridized carbons (Fsp3) is 0.562. The van der Waals surface area contributed by atoms with Gasteiger partial charge in [-0.15, -0.1) is 0 Å². The van der Waals surface area contributed by atoms with Crippen LogP contribution in [0.3, 0.4) is 0 Å². The predicted molar refractivity (Wildman–Crippen MR) is 76.0 cm³/mol. The highest BCUT2D eigenvalue weighted by molar-refractivity contribution is 5.30. The van der Waals surface area contributed by atoms with Gasteiger partial charge in [0.2, 0.25) is 0 Å². The Labute approximate surface area is 119 Å². The molecule has 0 heterocycles. The first kappa shape index (κ1) is 14.8. The van der Waals surface area contributed by atoms with E-state index in [1.807, 2.05) is 0 Å². The summed E-state index contributed by atoms with van der Waals surface area (Å²) in [5.41, 5.74) is -0.135. The van der Waals surface area contributed by atoms with Crippen LogP contribution in [-0.2, 0) is 0 Å². The lowest BCUT2D eigenvalue weighted by molar-refractivity contribution is 0.196. The van der Waals surface area contributed by atoms with E-state index < -0.39 is 5.54 Å². The molecule has 0 amide bonds. The molecule has 0 aromatic heterocycles. The summed E-state index contributed by atoms with van der Waals surface area (Å²) in [6.07, 6.45) is 3.02. The van der Waals surface area contributed by atoms with E-state index in [0.717, 1.165) is 25.8 Å². The van der Waals surface area contributed by atoms with Crippen LogP contribution in [0.15, 0.2) is 18.2 Å². The Kier molecular flexibility index (Phi) is 4.61. The second kappa shape index (κ2) is 6.23. The lowest BCUT2D eigenvalue weighted by atomic mass is 9.96. The van der Waals surface area contributed by atoms with E-state index in [-0.39, 0.29) is 18.2 Å². The van der Waals surface area contributed by atoms with Crippen molar-refractivity contribution in [1.82, 2.24) is 5.32 Å². The first-order valence-electron chi connectivity index (χ1n) is 7.17. The number of hydrogen-bond acceptors (Lipinski definition) is 3. The van der Waals surface area contributed by atoms with Gasteiger partial charge in [0.25, 0.3) is 0 Å². The summed E-state index contributed by atoms with van der Waals surface area (Å²) in [5.74, 6) is 0.195. The van der Waals surface area contributed by atoms with Gasteiger partial charge >= 0.3 is 0 Å². The molecule has 1 unspecified atom stereocenters. The van der Waals surface area contributed by atoms with Crippen molar-refractivity contribution in [2.75, 3.05) is 13.2 Å². The highest BCUT2D eigenvalue weighted by Gasteiger charge is 2.46. The zero-order valence-corrected chi connectivity index (χ0v) is 12.1. The molecule has 0 radical (unpaired) electrons. The molecule has 20 heavy (non-hydrogen) atoms. The molecule has 0 spiro atoms. The van der Waals surface area contributed by atoms with Crippen molar-refractivity contribution in [2.45, 2.75) is 38.6 Å². The van der Waals surface area contributed by atoms with Gasteiger partial charge in [-0.3, -0.25) is 5.32 Å². The molecule has 0 bridgehead atoms. The molecule has 1 N–H and O–H groups in total. The first-order chi connectivity index (χ1) is 9.63. The smallest absolute Gasteiger partial charge is 0.167 e. The highest BCUT2D eigenvalue weighted by Crippen LogP contribution is 2.40. The molecular weight excluding hydrogens is 255 g/mol. The second-order valence-corrected chi connectivity index (χ2v) is 5.46. The van der Waals surface area contributed by atoms with Crippen LogP contribution in [0.25, 0.3) is 0 Å². The summed E-state index contributed by atoms with van der Waals surface area (Å²) in [7, 11) is 0. The highest BCUT2D eigenvalue weighted by atomic mass is 19.1. The Balaban J connectivity index is 2.09. The molecule has 108 valence electrons.